The lowest BCUT2D eigenvalue weighted by atomic mass is 10.2. The summed E-state index contributed by atoms with van der Waals surface area (Å²) < 4.78 is 13.6. The molecular weight excluding hydrogens is 279 g/mol. The summed E-state index contributed by atoms with van der Waals surface area (Å²) in [5.41, 5.74) is 5.91. The lowest BCUT2D eigenvalue weighted by Crippen LogP contribution is -2.16. The molecule has 3 N–H and O–H groups in total. The molecule has 1 aromatic carbocycles. The second-order valence-corrected chi connectivity index (χ2v) is 4.23. The average molecular weight is 290 g/mol. The topological polar surface area (TPSA) is 111 Å². The molecule has 0 atom stereocenters. The Morgan fingerprint density at radius 1 is 1.38 bits per heavy atom. The first-order chi connectivity index (χ1) is 9.95. The van der Waals surface area contributed by atoms with Gasteiger partial charge in [-0.3, -0.25) is 19.9 Å². The minimum Gasteiger partial charge on any atom is -0.397 e. The van der Waals surface area contributed by atoms with E-state index in [0.717, 1.165) is 18.2 Å². The van der Waals surface area contributed by atoms with Crippen LogP contribution in [0.15, 0.2) is 36.5 Å². The van der Waals surface area contributed by atoms with Crippen LogP contribution in [0, 0.1) is 15.9 Å². The van der Waals surface area contributed by atoms with Gasteiger partial charge >= 0.3 is 0 Å². The van der Waals surface area contributed by atoms with Crippen LogP contribution in [-0.4, -0.2) is 15.8 Å². The summed E-state index contributed by atoms with van der Waals surface area (Å²) in [6, 6.07) is 6.18. The van der Waals surface area contributed by atoms with Crippen molar-refractivity contribution < 1.29 is 14.1 Å². The minimum absolute atomic E-state index is 0.0588. The van der Waals surface area contributed by atoms with E-state index in [2.05, 4.69) is 10.3 Å². The van der Waals surface area contributed by atoms with Crippen LogP contribution < -0.4 is 11.1 Å². The van der Waals surface area contributed by atoms with Crippen LogP contribution in [0.25, 0.3) is 0 Å². The van der Waals surface area contributed by atoms with Crippen molar-refractivity contribution in [2.75, 3.05) is 11.1 Å². The Bertz CT molecular complexity index is 688. The van der Waals surface area contributed by atoms with Crippen molar-refractivity contribution in [3.05, 3.63) is 58.2 Å². The van der Waals surface area contributed by atoms with Gasteiger partial charge in [0.2, 0.25) is 5.91 Å². The molecule has 1 aromatic heterocycles. The predicted molar refractivity (Wildman–Crippen MR) is 74.0 cm³/mol. The van der Waals surface area contributed by atoms with E-state index in [-0.39, 0.29) is 17.8 Å². The highest BCUT2D eigenvalue weighted by atomic mass is 19.1. The van der Waals surface area contributed by atoms with Crippen LogP contribution in [0.4, 0.5) is 21.5 Å². The largest absolute Gasteiger partial charge is 0.397 e. The van der Waals surface area contributed by atoms with Crippen LogP contribution in [0.1, 0.15) is 5.69 Å². The molecule has 1 amide bonds. The first-order valence-electron chi connectivity index (χ1n) is 5.90. The smallest absolute Gasteiger partial charge is 0.272 e. The highest BCUT2D eigenvalue weighted by Crippen LogP contribution is 2.20. The number of carbonyl (C=O) groups is 1. The second kappa shape index (κ2) is 5.95. The maximum Gasteiger partial charge on any atom is 0.272 e. The summed E-state index contributed by atoms with van der Waals surface area (Å²) in [5.74, 6) is -1.36. The number of anilines is 2. The molecule has 1 heterocycles. The average Bonchev–Trinajstić information content (AvgIpc) is 2.43. The zero-order valence-electron chi connectivity index (χ0n) is 10.7. The van der Waals surface area contributed by atoms with E-state index < -0.39 is 16.6 Å². The van der Waals surface area contributed by atoms with Gasteiger partial charge in [0.1, 0.15) is 0 Å². The maximum atomic E-state index is 13.6. The summed E-state index contributed by atoms with van der Waals surface area (Å²) in [5, 5.41) is 12.8. The first-order valence-corrected chi connectivity index (χ1v) is 5.90. The lowest BCUT2D eigenvalue weighted by molar-refractivity contribution is -0.385. The maximum absolute atomic E-state index is 13.6. The number of hydrogen-bond donors (Lipinski definition) is 2. The van der Waals surface area contributed by atoms with E-state index in [1.54, 1.807) is 12.1 Å². The van der Waals surface area contributed by atoms with Crippen molar-refractivity contribution in [1.82, 2.24) is 4.98 Å². The third kappa shape index (κ3) is 3.72. The van der Waals surface area contributed by atoms with Crippen LogP contribution in [0.5, 0.6) is 0 Å². The van der Waals surface area contributed by atoms with Gasteiger partial charge in [-0.05, 0) is 18.2 Å². The zero-order chi connectivity index (χ0) is 15.4. The number of nitro benzene ring substituents is 1. The van der Waals surface area contributed by atoms with Crippen molar-refractivity contribution in [2.24, 2.45) is 0 Å². The molecule has 2 rings (SSSR count). The molecule has 0 saturated carbocycles. The Morgan fingerprint density at radius 3 is 2.71 bits per heavy atom. The first kappa shape index (κ1) is 14.4. The number of aromatic nitrogens is 1. The molecule has 21 heavy (non-hydrogen) atoms. The minimum atomic E-state index is -0.872. The zero-order valence-corrected chi connectivity index (χ0v) is 10.7. The molecule has 2 aromatic rings. The van der Waals surface area contributed by atoms with E-state index >= 15 is 0 Å². The summed E-state index contributed by atoms with van der Waals surface area (Å²) >= 11 is 0. The van der Waals surface area contributed by atoms with E-state index in [1.807, 2.05) is 0 Å². The molecule has 0 unspecified atom stereocenters. The number of nitrogen functional groups attached to an aromatic ring is 1. The molecule has 0 saturated heterocycles. The van der Waals surface area contributed by atoms with Gasteiger partial charge in [-0.2, -0.15) is 0 Å². The monoisotopic (exact) mass is 290 g/mol. The summed E-state index contributed by atoms with van der Waals surface area (Å²) in [7, 11) is 0. The van der Waals surface area contributed by atoms with Gasteiger partial charge < -0.3 is 11.1 Å². The molecule has 0 aliphatic heterocycles. The molecule has 0 fully saturated rings. The highest BCUT2D eigenvalue weighted by molar-refractivity contribution is 5.92. The van der Waals surface area contributed by atoms with Gasteiger partial charge in [0, 0.05) is 11.8 Å². The Hall–Kier alpha value is -3.03. The number of benzene rings is 1. The second-order valence-electron chi connectivity index (χ2n) is 4.23. The van der Waals surface area contributed by atoms with Gasteiger partial charge in [-0.25, -0.2) is 4.39 Å². The van der Waals surface area contributed by atoms with Gasteiger partial charge in [0.05, 0.1) is 35.0 Å². The molecule has 0 aliphatic carbocycles. The number of pyridine rings is 1. The Kier molecular flexibility index (Phi) is 4.07. The Morgan fingerprint density at radius 2 is 2.14 bits per heavy atom. The standard InChI is InChI=1S/C13H11FN4O3/c14-11-6-10(18(20)21)3-4-12(11)17-13(19)5-9-2-1-8(15)7-16-9/h1-4,6-7H,5,15H2,(H,17,19). The van der Waals surface area contributed by atoms with E-state index in [1.165, 1.54) is 6.20 Å². The van der Waals surface area contributed by atoms with Crippen LogP contribution in [0.2, 0.25) is 0 Å². The van der Waals surface area contributed by atoms with Crippen molar-refractivity contribution in [2.45, 2.75) is 6.42 Å². The fraction of sp³-hybridized carbons (Fsp3) is 0.0769. The van der Waals surface area contributed by atoms with Gasteiger partial charge in [0.15, 0.2) is 5.82 Å². The quantitative estimate of drug-likeness (QED) is 0.659. The number of halogens is 1. The predicted octanol–water partition coefficient (Wildman–Crippen LogP) is 1.89. The highest BCUT2D eigenvalue weighted by Gasteiger charge is 2.13. The molecular formula is C13H11FN4O3. The SMILES string of the molecule is Nc1ccc(CC(=O)Nc2ccc([N+](=O)[O-])cc2F)nc1. The van der Waals surface area contributed by atoms with Crippen LogP contribution >= 0.6 is 0 Å². The normalized spacial score (nSPS) is 10.1. The molecule has 0 radical (unpaired) electrons. The molecule has 0 bridgehead atoms. The third-order valence-electron chi connectivity index (χ3n) is 2.63. The third-order valence-corrected chi connectivity index (χ3v) is 2.63. The summed E-state index contributed by atoms with van der Waals surface area (Å²) in [6.45, 7) is 0. The summed E-state index contributed by atoms with van der Waals surface area (Å²) in [4.78, 5) is 25.5. The number of nitrogens with two attached hydrogens (primary N) is 1. The van der Waals surface area contributed by atoms with E-state index in [0.29, 0.717) is 11.4 Å². The summed E-state index contributed by atoms with van der Waals surface area (Å²) in [6.07, 6.45) is 1.35. The van der Waals surface area contributed by atoms with Crippen molar-refractivity contribution in [1.29, 1.82) is 0 Å². The molecule has 8 heteroatoms. The molecule has 108 valence electrons. The fourth-order valence-corrected chi connectivity index (χ4v) is 1.62. The number of hydrogen-bond acceptors (Lipinski definition) is 5. The lowest BCUT2D eigenvalue weighted by Gasteiger charge is -2.06. The van der Waals surface area contributed by atoms with Crippen molar-refractivity contribution in [3.63, 3.8) is 0 Å². The Labute approximate surface area is 118 Å². The fourth-order valence-electron chi connectivity index (χ4n) is 1.62. The number of nitrogens with zero attached hydrogens (tertiary/aromatic N) is 2. The number of nitro groups is 1. The van der Waals surface area contributed by atoms with E-state index in [9.17, 15) is 19.3 Å². The molecule has 0 spiro atoms. The number of rotatable bonds is 4. The molecule has 7 nitrogen and oxygen atoms in total. The number of amides is 1. The number of nitrogens with one attached hydrogen (secondary N) is 1. The van der Waals surface area contributed by atoms with Gasteiger partial charge in [-0.1, -0.05) is 0 Å². The van der Waals surface area contributed by atoms with Crippen LogP contribution in [0.3, 0.4) is 0 Å². The van der Waals surface area contributed by atoms with E-state index in [4.69, 9.17) is 5.73 Å². The van der Waals surface area contributed by atoms with Gasteiger partial charge in [0.25, 0.3) is 5.69 Å². The van der Waals surface area contributed by atoms with Crippen molar-refractivity contribution >= 4 is 23.0 Å². The number of non-ortho nitro benzene ring substituents is 1. The van der Waals surface area contributed by atoms with Crippen LogP contribution in [-0.2, 0) is 11.2 Å². The van der Waals surface area contributed by atoms with Gasteiger partial charge in [-0.15, -0.1) is 0 Å². The van der Waals surface area contributed by atoms with Crippen molar-refractivity contribution in [3.8, 4) is 0 Å². The number of carbonyl (C=O) groups excluding carboxylic acids is 1. The Balaban J connectivity index is 2.06. The molecule has 0 aliphatic rings.